The fourth-order valence-electron chi connectivity index (χ4n) is 3.14. The highest BCUT2D eigenvalue weighted by molar-refractivity contribution is 5.89. The Hall–Kier alpha value is -2.22. The molecule has 2 saturated heterocycles. The third kappa shape index (κ3) is 3.48. The van der Waals surface area contributed by atoms with Crippen molar-refractivity contribution in [1.82, 2.24) is 25.1 Å². The number of rotatable bonds is 5. The van der Waals surface area contributed by atoms with Gasteiger partial charge in [-0.05, 0) is 13.1 Å². The number of anilines is 1. The van der Waals surface area contributed by atoms with Crippen LogP contribution in [0.3, 0.4) is 0 Å². The second-order valence-electron chi connectivity index (χ2n) is 6.78. The van der Waals surface area contributed by atoms with Gasteiger partial charge in [0.1, 0.15) is 0 Å². The van der Waals surface area contributed by atoms with Gasteiger partial charge in [-0.3, -0.25) is 9.59 Å². The zero-order chi connectivity index (χ0) is 17.3. The van der Waals surface area contributed by atoms with Gasteiger partial charge in [-0.15, -0.1) is 0 Å². The lowest BCUT2D eigenvalue weighted by atomic mass is 10.1. The summed E-state index contributed by atoms with van der Waals surface area (Å²) in [5.41, 5.74) is 0.754. The molecule has 8 nitrogen and oxygen atoms in total. The van der Waals surface area contributed by atoms with Crippen LogP contribution in [0.25, 0.3) is 0 Å². The van der Waals surface area contributed by atoms with Gasteiger partial charge in [-0.25, -0.2) is 9.97 Å². The van der Waals surface area contributed by atoms with Crippen molar-refractivity contribution in [1.29, 1.82) is 0 Å². The first-order chi connectivity index (χ1) is 11.4. The number of likely N-dealkylation sites (N-methyl/N-ethyl adjacent to an activating group) is 1. The van der Waals surface area contributed by atoms with Gasteiger partial charge >= 0.3 is 0 Å². The number of hydrogen-bond donors (Lipinski definition) is 1. The van der Waals surface area contributed by atoms with Gasteiger partial charge in [-0.1, -0.05) is 0 Å². The predicted molar refractivity (Wildman–Crippen MR) is 89.3 cm³/mol. The van der Waals surface area contributed by atoms with Crippen molar-refractivity contribution in [3.8, 4) is 0 Å². The molecule has 0 aromatic carbocycles. The van der Waals surface area contributed by atoms with Crippen LogP contribution in [0.2, 0.25) is 0 Å². The molecule has 0 spiro atoms. The molecular weight excluding hydrogens is 308 g/mol. The Bertz CT molecular complexity index is 629. The average Bonchev–Trinajstić information content (AvgIpc) is 2.91. The quantitative estimate of drug-likeness (QED) is 0.769. The Balaban J connectivity index is 1.52. The van der Waals surface area contributed by atoms with Crippen LogP contribution >= 0.6 is 0 Å². The van der Waals surface area contributed by atoms with Crippen LogP contribution < -0.4 is 10.2 Å². The van der Waals surface area contributed by atoms with E-state index in [0.29, 0.717) is 25.5 Å². The molecule has 2 aliphatic rings. The standard InChI is InChI=1S/C16H24N6O2/c1-20(2)16-17-5-4-12(19-16)7-18-15(24)11-6-14(23)22(8-11)13-9-21(3)10-13/h4-5,11,13H,6-10H2,1-3H3,(H,18,24). The molecule has 1 aromatic heterocycles. The summed E-state index contributed by atoms with van der Waals surface area (Å²) in [6.45, 7) is 2.66. The minimum absolute atomic E-state index is 0.0801. The van der Waals surface area contributed by atoms with Gasteiger partial charge in [-0.2, -0.15) is 0 Å². The van der Waals surface area contributed by atoms with E-state index in [1.807, 2.05) is 30.9 Å². The highest BCUT2D eigenvalue weighted by Crippen LogP contribution is 2.24. The second-order valence-corrected chi connectivity index (χ2v) is 6.78. The third-order valence-electron chi connectivity index (χ3n) is 4.56. The molecule has 1 aromatic rings. The molecule has 2 amide bonds. The minimum Gasteiger partial charge on any atom is -0.350 e. The van der Waals surface area contributed by atoms with E-state index in [0.717, 1.165) is 18.8 Å². The molecule has 1 atom stereocenters. The second kappa shape index (κ2) is 6.72. The zero-order valence-corrected chi connectivity index (χ0v) is 14.4. The number of nitrogens with zero attached hydrogens (tertiary/aromatic N) is 5. The largest absolute Gasteiger partial charge is 0.350 e. The summed E-state index contributed by atoms with van der Waals surface area (Å²) >= 11 is 0. The van der Waals surface area contributed by atoms with Crippen molar-refractivity contribution in [2.75, 3.05) is 45.7 Å². The Morgan fingerprint density at radius 1 is 1.38 bits per heavy atom. The maximum Gasteiger partial charge on any atom is 0.225 e. The van der Waals surface area contributed by atoms with E-state index in [2.05, 4.69) is 20.2 Å². The number of carbonyl (C=O) groups excluding carboxylic acids is 2. The van der Waals surface area contributed by atoms with Crippen LogP contribution in [0.4, 0.5) is 5.95 Å². The number of nitrogens with one attached hydrogen (secondary N) is 1. The summed E-state index contributed by atoms with van der Waals surface area (Å²) in [6, 6.07) is 2.05. The molecule has 3 rings (SSSR count). The lowest BCUT2D eigenvalue weighted by molar-refractivity contribution is -0.132. The maximum absolute atomic E-state index is 12.4. The molecule has 3 heterocycles. The Kier molecular flexibility index (Phi) is 4.66. The molecule has 0 saturated carbocycles. The Morgan fingerprint density at radius 3 is 2.79 bits per heavy atom. The molecule has 2 fully saturated rings. The van der Waals surface area contributed by atoms with Crippen molar-refractivity contribution < 1.29 is 9.59 Å². The van der Waals surface area contributed by atoms with Gasteiger partial charge in [0.15, 0.2) is 0 Å². The summed E-state index contributed by atoms with van der Waals surface area (Å²) in [5.74, 6) is 0.352. The molecule has 0 bridgehead atoms. The molecule has 24 heavy (non-hydrogen) atoms. The average molecular weight is 332 g/mol. The predicted octanol–water partition coefficient (Wildman–Crippen LogP) is -0.679. The first kappa shape index (κ1) is 16.6. The normalized spacial score (nSPS) is 21.7. The van der Waals surface area contributed by atoms with Gasteiger partial charge in [0.05, 0.1) is 24.2 Å². The zero-order valence-electron chi connectivity index (χ0n) is 14.4. The molecule has 0 aliphatic carbocycles. The first-order valence-corrected chi connectivity index (χ1v) is 8.19. The summed E-state index contributed by atoms with van der Waals surface area (Å²) in [5, 5.41) is 2.89. The van der Waals surface area contributed by atoms with Crippen LogP contribution in [0.1, 0.15) is 12.1 Å². The lowest BCUT2D eigenvalue weighted by Gasteiger charge is -2.42. The van der Waals surface area contributed by atoms with E-state index >= 15 is 0 Å². The smallest absolute Gasteiger partial charge is 0.225 e. The number of aromatic nitrogens is 2. The SMILES string of the molecule is CN1CC(N2CC(C(=O)NCc3ccnc(N(C)C)n3)CC2=O)C1. The highest BCUT2D eigenvalue weighted by Gasteiger charge is 2.41. The van der Waals surface area contributed by atoms with Crippen LogP contribution in [0.5, 0.6) is 0 Å². The molecule has 8 heteroatoms. The van der Waals surface area contributed by atoms with Crippen LogP contribution in [0.15, 0.2) is 12.3 Å². The van der Waals surface area contributed by atoms with Crippen molar-refractivity contribution >= 4 is 17.8 Å². The van der Waals surface area contributed by atoms with E-state index in [1.54, 1.807) is 12.3 Å². The fourth-order valence-corrected chi connectivity index (χ4v) is 3.14. The van der Waals surface area contributed by atoms with E-state index < -0.39 is 0 Å². The molecule has 1 N–H and O–H groups in total. The Labute approximate surface area is 141 Å². The summed E-state index contributed by atoms with van der Waals surface area (Å²) in [7, 11) is 5.77. The van der Waals surface area contributed by atoms with Gasteiger partial charge < -0.3 is 20.0 Å². The molecule has 1 unspecified atom stereocenters. The molecule has 0 radical (unpaired) electrons. The third-order valence-corrected chi connectivity index (χ3v) is 4.56. The summed E-state index contributed by atoms with van der Waals surface area (Å²) < 4.78 is 0. The van der Waals surface area contributed by atoms with Crippen LogP contribution in [-0.2, 0) is 16.1 Å². The van der Waals surface area contributed by atoms with Crippen LogP contribution in [0, 0.1) is 5.92 Å². The number of likely N-dealkylation sites (tertiary alicyclic amines) is 2. The van der Waals surface area contributed by atoms with E-state index in [4.69, 9.17) is 0 Å². The summed E-state index contributed by atoms with van der Waals surface area (Å²) in [4.78, 5) is 38.9. The van der Waals surface area contributed by atoms with Crippen LogP contribution in [-0.4, -0.2) is 78.4 Å². The lowest BCUT2D eigenvalue weighted by Crippen LogP contribution is -2.58. The van der Waals surface area contributed by atoms with E-state index in [9.17, 15) is 9.59 Å². The van der Waals surface area contributed by atoms with Gasteiger partial charge in [0.2, 0.25) is 17.8 Å². The first-order valence-electron chi connectivity index (χ1n) is 8.19. The van der Waals surface area contributed by atoms with Crippen molar-refractivity contribution in [2.45, 2.75) is 19.0 Å². The van der Waals surface area contributed by atoms with Crippen molar-refractivity contribution in [2.24, 2.45) is 5.92 Å². The highest BCUT2D eigenvalue weighted by atomic mass is 16.2. The number of carbonyl (C=O) groups is 2. The number of hydrogen-bond acceptors (Lipinski definition) is 6. The monoisotopic (exact) mass is 332 g/mol. The molecule has 130 valence electrons. The topological polar surface area (TPSA) is 81.7 Å². The number of amides is 2. The molecule has 2 aliphatic heterocycles. The van der Waals surface area contributed by atoms with Gasteiger partial charge in [0, 0.05) is 46.3 Å². The van der Waals surface area contributed by atoms with Crippen molar-refractivity contribution in [3.05, 3.63) is 18.0 Å². The Morgan fingerprint density at radius 2 is 2.12 bits per heavy atom. The summed E-state index contributed by atoms with van der Waals surface area (Å²) in [6.07, 6.45) is 1.98. The fraction of sp³-hybridized carbons (Fsp3) is 0.625. The van der Waals surface area contributed by atoms with Gasteiger partial charge in [0.25, 0.3) is 0 Å². The van der Waals surface area contributed by atoms with E-state index in [-0.39, 0.29) is 23.8 Å². The van der Waals surface area contributed by atoms with E-state index in [1.165, 1.54) is 0 Å². The molecular formula is C16H24N6O2. The van der Waals surface area contributed by atoms with Crippen molar-refractivity contribution in [3.63, 3.8) is 0 Å². The maximum atomic E-state index is 12.4. The minimum atomic E-state index is -0.265.